The molecule has 0 bridgehead atoms. The average molecular weight is 407 g/mol. The maximum Gasteiger partial charge on any atom is 0.165 e. The highest BCUT2D eigenvalue weighted by atomic mass is 35.5. The van der Waals surface area contributed by atoms with Gasteiger partial charge in [0, 0.05) is 24.1 Å². The third-order valence-electron chi connectivity index (χ3n) is 4.48. The number of hydrogen-bond donors (Lipinski definition) is 2. The molecule has 0 amide bonds. The monoisotopic (exact) mass is 406 g/mol. The lowest BCUT2D eigenvalue weighted by atomic mass is 10.2. The number of rotatable bonds is 5. The Morgan fingerprint density at radius 1 is 1.18 bits per heavy atom. The topological polar surface area (TPSA) is 68.3 Å². The fourth-order valence-corrected chi connectivity index (χ4v) is 3.30. The van der Waals surface area contributed by atoms with Crippen LogP contribution in [0.25, 0.3) is 10.9 Å². The molecule has 1 fully saturated rings. The van der Waals surface area contributed by atoms with Crippen LogP contribution in [-0.2, 0) is 0 Å². The summed E-state index contributed by atoms with van der Waals surface area (Å²) in [5.74, 6) is -0.0746. The maximum absolute atomic E-state index is 14.3. The minimum atomic E-state index is -0.767. The van der Waals surface area contributed by atoms with E-state index in [4.69, 9.17) is 21.1 Å². The van der Waals surface area contributed by atoms with E-state index in [-0.39, 0.29) is 16.8 Å². The van der Waals surface area contributed by atoms with Crippen molar-refractivity contribution in [3.05, 3.63) is 47.2 Å². The van der Waals surface area contributed by atoms with Crippen LogP contribution >= 0.6 is 11.6 Å². The lowest BCUT2D eigenvalue weighted by Crippen LogP contribution is -2.19. The lowest BCUT2D eigenvalue weighted by Gasteiger charge is -2.17. The zero-order chi connectivity index (χ0) is 19.7. The summed E-state index contributed by atoms with van der Waals surface area (Å²) < 4.78 is 39.4. The van der Waals surface area contributed by atoms with Crippen molar-refractivity contribution in [2.75, 3.05) is 25.5 Å². The van der Waals surface area contributed by atoms with Gasteiger partial charge in [0.05, 0.1) is 23.3 Å². The van der Waals surface area contributed by atoms with Crippen molar-refractivity contribution in [3.8, 4) is 11.5 Å². The Bertz CT molecular complexity index is 1030. The number of aromatic nitrogens is 2. The second-order valence-electron chi connectivity index (χ2n) is 6.35. The molecule has 0 aliphatic carbocycles. The van der Waals surface area contributed by atoms with Crippen LogP contribution in [-0.4, -0.2) is 36.3 Å². The van der Waals surface area contributed by atoms with E-state index >= 15 is 0 Å². The Labute approximate surface area is 164 Å². The molecule has 0 radical (unpaired) electrons. The molecule has 1 aliphatic rings. The lowest BCUT2D eigenvalue weighted by molar-refractivity contribution is 0.213. The number of methoxy groups -OCH3 is 1. The summed E-state index contributed by atoms with van der Waals surface area (Å²) in [6.07, 6.45) is 2.22. The van der Waals surface area contributed by atoms with Gasteiger partial charge < -0.3 is 20.1 Å². The molecule has 146 valence electrons. The van der Waals surface area contributed by atoms with Crippen LogP contribution in [0.2, 0.25) is 5.02 Å². The van der Waals surface area contributed by atoms with Crippen LogP contribution in [0.3, 0.4) is 0 Å². The number of anilines is 2. The predicted octanol–water partition coefficient (Wildman–Crippen LogP) is 4.05. The molecule has 1 saturated heterocycles. The molecular weight excluding hydrogens is 390 g/mol. The van der Waals surface area contributed by atoms with Crippen molar-refractivity contribution < 1.29 is 18.3 Å². The minimum absolute atomic E-state index is 0.0202. The number of fused-ring (bicyclic) bond motifs is 1. The number of nitrogens with one attached hydrogen (secondary N) is 2. The molecule has 2 N–H and O–H groups in total. The Hall–Kier alpha value is -2.71. The van der Waals surface area contributed by atoms with E-state index in [1.165, 1.54) is 6.33 Å². The van der Waals surface area contributed by atoms with E-state index in [9.17, 15) is 8.78 Å². The van der Waals surface area contributed by atoms with Gasteiger partial charge in [0.25, 0.3) is 0 Å². The first-order valence-corrected chi connectivity index (χ1v) is 9.04. The summed E-state index contributed by atoms with van der Waals surface area (Å²) >= 11 is 5.73. The molecule has 9 heteroatoms. The van der Waals surface area contributed by atoms with Gasteiger partial charge >= 0.3 is 0 Å². The van der Waals surface area contributed by atoms with Gasteiger partial charge in [0.1, 0.15) is 24.1 Å². The van der Waals surface area contributed by atoms with Crippen molar-refractivity contribution >= 4 is 34.0 Å². The summed E-state index contributed by atoms with van der Waals surface area (Å²) in [5, 5.41) is 6.29. The van der Waals surface area contributed by atoms with E-state index in [1.807, 2.05) is 0 Å². The molecule has 0 spiro atoms. The Morgan fingerprint density at radius 2 is 2.04 bits per heavy atom. The Balaban J connectivity index is 1.76. The van der Waals surface area contributed by atoms with Crippen LogP contribution in [0.1, 0.15) is 6.42 Å². The maximum atomic E-state index is 14.3. The summed E-state index contributed by atoms with van der Waals surface area (Å²) in [4.78, 5) is 8.40. The molecule has 1 aromatic heterocycles. The fourth-order valence-electron chi connectivity index (χ4n) is 3.10. The normalized spacial score (nSPS) is 16.4. The number of hydrogen-bond acceptors (Lipinski definition) is 6. The Morgan fingerprint density at radius 3 is 2.79 bits per heavy atom. The quantitative estimate of drug-likeness (QED) is 0.623. The van der Waals surface area contributed by atoms with Gasteiger partial charge in [-0.2, -0.15) is 0 Å². The molecule has 0 saturated carbocycles. The number of nitrogens with zero attached hydrogens (tertiary/aromatic N) is 2. The summed E-state index contributed by atoms with van der Waals surface area (Å²) in [6, 6.07) is 5.37. The van der Waals surface area contributed by atoms with Crippen molar-refractivity contribution in [3.63, 3.8) is 0 Å². The highest BCUT2D eigenvalue weighted by Gasteiger charge is 2.20. The first-order chi connectivity index (χ1) is 13.5. The van der Waals surface area contributed by atoms with Crippen molar-refractivity contribution in [2.45, 2.75) is 12.5 Å². The van der Waals surface area contributed by atoms with E-state index in [0.29, 0.717) is 28.2 Å². The first-order valence-electron chi connectivity index (χ1n) is 8.67. The standard InChI is InChI=1S/C19H17ClF2N4O2/c1-27-16-7-14-12(6-17(16)28-11-2-3-23-8-11)19(25-9-24-14)26-15-5-10(21)4-13(20)18(15)22/h4-7,9,11,23H,2-3,8H2,1H3,(H,24,25,26)/t11-/m0/s1. The van der Waals surface area contributed by atoms with Gasteiger partial charge in [-0.25, -0.2) is 18.7 Å². The summed E-state index contributed by atoms with van der Waals surface area (Å²) in [7, 11) is 1.55. The molecule has 28 heavy (non-hydrogen) atoms. The molecule has 6 nitrogen and oxygen atoms in total. The SMILES string of the molecule is COc1cc2ncnc(Nc3cc(F)cc(Cl)c3F)c2cc1O[C@H]1CCNC1. The van der Waals surface area contributed by atoms with Gasteiger partial charge in [-0.05, 0) is 25.1 Å². The summed E-state index contributed by atoms with van der Waals surface area (Å²) in [5.41, 5.74) is 0.442. The van der Waals surface area contributed by atoms with Crippen LogP contribution in [0, 0.1) is 11.6 Å². The average Bonchev–Trinajstić information content (AvgIpc) is 3.18. The molecule has 2 heterocycles. The van der Waals surface area contributed by atoms with Gasteiger partial charge in [-0.1, -0.05) is 11.6 Å². The molecule has 0 unspecified atom stereocenters. The highest BCUT2D eigenvalue weighted by Crippen LogP contribution is 2.36. The molecule has 1 aliphatic heterocycles. The summed E-state index contributed by atoms with van der Waals surface area (Å²) in [6.45, 7) is 1.63. The molecule has 1 atom stereocenters. The van der Waals surface area contributed by atoms with E-state index in [0.717, 1.165) is 31.6 Å². The molecule has 2 aromatic carbocycles. The third-order valence-corrected chi connectivity index (χ3v) is 4.75. The molecule has 3 aromatic rings. The second-order valence-corrected chi connectivity index (χ2v) is 6.76. The van der Waals surface area contributed by atoms with E-state index < -0.39 is 11.6 Å². The fraction of sp³-hybridized carbons (Fsp3) is 0.263. The predicted molar refractivity (Wildman–Crippen MR) is 103 cm³/mol. The van der Waals surface area contributed by atoms with Gasteiger partial charge in [0.2, 0.25) is 0 Å². The van der Waals surface area contributed by atoms with Crippen LogP contribution < -0.4 is 20.1 Å². The second kappa shape index (κ2) is 7.73. The molecular formula is C19H17ClF2N4O2. The van der Waals surface area contributed by atoms with E-state index in [1.54, 1.807) is 19.2 Å². The van der Waals surface area contributed by atoms with E-state index in [2.05, 4.69) is 20.6 Å². The van der Waals surface area contributed by atoms with Gasteiger partial charge in [0.15, 0.2) is 17.3 Å². The largest absolute Gasteiger partial charge is 0.493 e. The zero-order valence-electron chi connectivity index (χ0n) is 14.9. The third kappa shape index (κ3) is 3.65. The minimum Gasteiger partial charge on any atom is -0.493 e. The van der Waals surface area contributed by atoms with Crippen LogP contribution in [0.5, 0.6) is 11.5 Å². The van der Waals surface area contributed by atoms with Crippen LogP contribution in [0.15, 0.2) is 30.6 Å². The van der Waals surface area contributed by atoms with Crippen molar-refractivity contribution in [1.29, 1.82) is 0 Å². The zero-order valence-corrected chi connectivity index (χ0v) is 15.7. The van der Waals surface area contributed by atoms with Crippen molar-refractivity contribution in [2.24, 2.45) is 0 Å². The van der Waals surface area contributed by atoms with Gasteiger partial charge in [-0.15, -0.1) is 0 Å². The van der Waals surface area contributed by atoms with Gasteiger partial charge in [-0.3, -0.25) is 0 Å². The Kier molecular flexibility index (Phi) is 5.15. The smallest absolute Gasteiger partial charge is 0.165 e. The number of ether oxygens (including phenoxy) is 2. The van der Waals surface area contributed by atoms with Crippen LogP contribution in [0.4, 0.5) is 20.3 Å². The number of benzene rings is 2. The number of halogens is 3. The molecule has 4 rings (SSSR count). The van der Waals surface area contributed by atoms with Crippen molar-refractivity contribution in [1.82, 2.24) is 15.3 Å². The highest BCUT2D eigenvalue weighted by molar-refractivity contribution is 6.31. The first kappa shape index (κ1) is 18.6.